The van der Waals surface area contributed by atoms with Crippen LogP contribution >= 0.6 is 0 Å². The van der Waals surface area contributed by atoms with Gasteiger partial charge in [-0.05, 0) is 35.7 Å². The fourth-order valence-corrected chi connectivity index (χ4v) is 2.38. The van der Waals surface area contributed by atoms with Crippen molar-refractivity contribution >= 4 is 5.96 Å². The summed E-state index contributed by atoms with van der Waals surface area (Å²) < 4.78 is 15.9. The summed E-state index contributed by atoms with van der Waals surface area (Å²) in [5.74, 6) is 1.77. The second-order valence-electron chi connectivity index (χ2n) is 5.70. The van der Waals surface area contributed by atoms with Crippen LogP contribution < -0.4 is 20.5 Å². The molecule has 0 aliphatic rings. The highest BCUT2D eigenvalue weighted by Gasteiger charge is 2.04. The van der Waals surface area contributed by atoms with E-state index in [1.807, 2.05) is 25.1 Å². The fraction of sp³-hybridized carbons (Fsp3) is 0.350. The molecule has 2 aromatic rings. The van der Waals surface area contributed by atoms with E-state index in [4.69, 9.17) is 19.9 Å². The summed E-state index contributed by atoms with van der Waals surface area (Å²) in [7, 11) is 3.22. The third-order valence-corrected chi connectivity index (χ3v) is 3.85. The Bertz CT molecular complexity index is 715. The molecule has 0 amide bonds. The van der Waals surface area contributed by atoms with Crippen LogP contribution in [0.2, 0.25) is 0 Å². The summed E-state index contributed by atoms with van der Waals surface area (Å²) in [5, 5.41) is 3.12. The molecule has 0 aromatic heterocycles. The van der Waals surface area contributed by atoms with Crippen molar-refractivity contribution < 1.29 is 14.2 Å². The van der Waals surface area contributed by atoms with Gasteiger partial charge in [-0.25, -0.2) is 4.99 Å². The third kappa shape index (κ3) is 5.97. The van der Waals surface area contributed by atoms with Crippen molar-refractivity contribution in [3.05, 3.63) is 59.2 Å². The summed E-state index contributed by atoms with van der Waals surface area (Å²) in [5.41, 5.74) is 9.24. The average Bonchev–Trinajstić information content (AvgIpc) is 2.69. The van der Waals surface area contributed by atoms with E-state index in [-0.39, 0.29) is 0 Å². The van der Waals surface area contributed by atoms with Crippen LogP contribution in [0.3, 0.4) is 0 Å². The largest absolute Gasteiger partial charge is 0.493 e. The van der Waals surface area contributed by atoms with Gasteiger partial charge in [0.15, 0.2) is 17.5 Å². The molecule has 0 spiro atoms. The van der Waals surface area contributed by atoms with Crippen LogP contribution in [0.5, 0.6) is 11.5 Å². The summed E-state index contributed by atoms with van der Waals surface area (Å²) in [6, 6.07) is 13.9. The average molecular weight is 357 g/mol. The van der Waals surface area contributed by atoms with Crippen LogP contribution in [0.4, 0.5) is 0 Å². The molecule has 0 aliphatic heterocycles. The smallest absolute Gasteiger partial charge is 0.189 e. The number of nitrogens with two attached hydrogens (primary N) is 1. The molecule has 2 aromatic carbocycles. The van der Waals surface area contributed by atoms with E-state index in [0.717, 1.165) is 23.3 Å². The molecule has 0 saturated heterocycles. The Labute approximate surface area is 155 Å². The molecule has 0 radical (unpaired) electrons. The molecule has 140 valence electrons. The highest BCUT2D eigenvalue weighted by atomic mass is 16.5. The lowest BCUT2D eigenvalue weighted by atomic mass is 10.1. The summed E-state index contributed by atoms with van der Waals surface area (Å²) in [6.45, 7) is 4.43. The minimum Gasteiger partial charge on any atom is -0.493 e. The fourth-order valence-electron chi connectivity index (χ4n) is 2.38. The number of nitrogens with zero attached hydrogens (tertiary/aromatic N) is 1. The van der Waals surface area contributed by atoms with Crippen LogP contribution in [-0.2, 0) is 24.4 Å². The molecule has 3 N–H and O–H groups in total. The predicted octanol–water partition coefficient (Wildman–Crippen LogP) is 2.84. The van der Waals surface area contributed by atoms with Crippen molar-refractivity contribution in [3.63, 3.8) is 0 Å². The first-order valence-electron chi connectivity index (χ1n) is 8.56. The van der Waals surface area contributed by atoms with Crippen molar-refractivity contribution in [2.45, 2.75) is 26.6 Å². The van der Waals surface area contributed by atoms with Gasteiger partial charge in [-0.2, -0.15) is 0 Å². The van der Waals surface area contributed by atoms with Gasteiger partial charge in [-0.3, -0.25) is 0 Å². The molecule has 26 heavy (non-hydrogen) atoms. The molecule has 2 rings (SSSR count). The van der Waals surface area contributed by atoms with E-state index in [2.05, 4.69) is 34.6 Å². The number of methoxy groups -OCH3 is 2. The van der Waals surface area contributed by atoms with Gasteiger partial charge in [-0.1, -0.05) is 30.3 Å². The zero-order chi connectivity index (χ0) is 18.8. The molecule has 0 aliphatic carbocycles. The van der Waals surface area contributed by atoms with Crippen LogP contribution in [0.25, 0.3) is 0 Å². The Kier molecular flexibility index (Phi) is 7.76. The van der Waals surface area contributed by atoms with Crippen LogP contribution in [0, 0.1) is 0 Å². The van der Waals surface area contributed by atoms with Gasteiger partial charge in [0.2, 0.25) is 0 Å². The third-order valence-electron chi connectivity index (χ3n) is 3.85. The Morgan fingerprint density at radius 1 is 0.962 bits per heavy atom. The number of guanidine groups is 1. The van der Waals surface area contributed by atoms with Gasteiger partial charge >= 0.3 is 0 Å². The van der Waals surface area contributed by atoms with Crippen molar-refractivity contribution in [2.75, 3.05) is 20.8 Å². The number of hydrogen-bond acceptors (Lipinski definition) is 4. The second-order valence-corrected chi connectivity index (χ2v) is 5.70. The van der Waals surface area contributed by atoms with E-state index < -0.39 is 0 Å². The van der Waals surface area contributed by atoms with Gasteiger partial charge in [0.1, 0.15) is 0 Å². The highest BCUT2D eigenvalue weighted by molar-refractivity contribution is 5.77. The number of ether oxygens (including phenoxy) is 3. The van der Waals surface area contributed by atoms with Crippen LogP contribution in [0.15, 0.2) is 47.5 Å². The van der Waals surface area contributed by atoms with Crippen molar-refractivity contribution in [1.29, 1.82) is 0 Å². The van der Waals surface area contributed by atoms with Crippen molar-refractivity contribution in [1.82, 2.24) is 5.32 Å². The van der Waals surface area contributed by atoms with E-state index in [9.17, 15) is 0 Å². The number of nitrogens with one attached hydrogen (secondary N) is 1. The Morgan fingerprint density at radius 2 is 1.62 bits per heavy atom. The summed E-state index contributed by atoms with van der Waals surface area (Å²) in [4.78, 5) is 4.37. The molecule has 0 heterocycles. The summed E-state index contributed by atoms with van der Waals surface area (Å²) >= 11 is 0. The van der Waals surface area contributed by atoms with E-state index in [0.29, 0.717) is 37.2 Å². The maximum absolute atomic E-state index is 5.95. The highest BCUT2D eigenvalue weighted by Crippen LogP contribution is 2.27. The van der Waals surface area contributed by atoms with Gasteiger partial charge < -0.3 is 25.3 Å². The second kappa shape index (κ2) is 10.3. The molecule has 0 unspecified atom stereocenters. The monoisotopic (exact) mass is 357 g/mol. The molecule has 0 saturated carbocycles. The topological polar surface area (TPSA) is 78.1 Å². The standard InChI is InChI=1S/C20H27N3O3/c1-4-26-14-16-7-5-15(6-8-16)12-22-20(21)23-13-17-9-10-18(24-2)19(11-17)25-3/h5-11H,4,12-14H2,1-3H3,(H3,21,22,23). The Hall–Kier alpha value is -2.73. The zero-order valence-electron chi connectivity index (χ0n) is 15.6. The lowest BCUT2D eigenvalue weighted by molar-refractivity contribution is 0.134. The van der Waals surface area contributed by atoms with Gasteiger partial charge in [0, 0.05) is 13.2 Å². The van der Waals surface area contributed by atoms with Crippen molar-refractivity contribution in [3.8, 4) is 11.5 Å². The van der Waals surface area contributed by atoms with E-state index in [1.54, 1.807) is 14.2 Å². The molecule has 6 nitrogen and oxygen atoms in total. The SMILES string of the molecule is CCOCc1ccc(CNC(N)=NCc2ccc(OC)c(OC)c2)cc1. The molecular formula is C20H27N3O3. The number of hydrogen-bond donors (Lipinski definition) is 2. The number of aliphatic imine (C=N–C) groups is 1. The zero-order valence-corrected chi connectivity index (χ0v) is 15.6. The molecular weight excluding hydrogens is 330 g/mol. The predicted molar refractivity (Wildman–Crippen MR) is 103 cm³/mol. The maximum Gasteiger partial charge on any atom is 0.189 e. The van der Waals surface area contributed by atoms with E-state index >= 15 is 0 Å². The Balaban J connectivity index is 1.86. The molecule has 0 fully saturated rings. The lowest BCUT2D eigenvalue weighted by Gasteiger charge is -2.09. The minimum atomic E-state index is 0.401. The van der Waals surface area contributed by atoms with Crippen LogP contribution in [-0.4, -0.2) is 26.8 Å². The van der Waals surface area contributed by atoms with Gasteiger partial charge in [0.25, 0.3) is 0 Å². The number of benzene rings is 2. The first-order chi connectivity index (χ1) is 12.7. The number of rotatable bonds is 9. The quantitative estimate of drug-likeness (QED) is 0.533. The Morgan fingerprint density at radius 3 is 2.27 bits per heavy atom. The van der Waals surface area contributed by atoms with E-state index in [1.165, 1.54) is 0 Å². The molecule has 0 atom stereocenters. The normalized spacial score (nSPS) is 11.3. The van der Waals surface area contributed by atoms with Gasteiger partial charge in [-0.15, -0.1) is 0 Å². The lowest BCUT2D eigenvalue weighted by Crippen LogP contribution is -2.31. The maximum atomic E-state index is 5.95. The first kappa shape index (κ1) is 19.6. The molecule has 6 heteroatoms. The van der Waals surface area contributed by atoms with Crippen molar-refractivity contribution in [2.24, 2.45) is 10.7 Å². The summed E-state index contributed by atoms with van der Waals surface area (Å²) in [6.07, 6.45) is 0. The minimum absolute atomic E-state index is 0.401. The van der Waals surface area contributed by atoms with Gasteiger partial charge in [0.05, 0.1) is 27.4 Å². The first-order valence-corrected chi connectivity index (χ1v) is 8.56. The van der Waals surface area contributed by atoms with Crippen LogP contribution in [0.1, 0.15) is 23.6 Å². The molecule has 0 bridgehead atoms.